The maximum atomic E-state index is 14.0. The number of ether oxygens (including phenoxy) is 1. The number of nitrogens with zero attached hydrogens (tertiary/aromatic N) is 2. The molecule has 2 amide bonds. The molecule has 0 bridgehead atoms. The van der Waals surface area contributed by atoms with Gasteiger partial charge in [-0.25, -0.2) is 9.40 Å². The number of rotatable bonds is 6. The van der Waals surface area contributed by atoms with Gasteiger partial charge in [-0.2, -0.15) is 0 Å². The second-order valence-electron chi connectivity index (χ2n) is 7.47. The topological polar surface area (TPSA) is 61.9 Å². The Bertz CT molecular complexity index is 1190. The molecular weight excluding hydrogens is 409 g/mol. The minimum absolute atomic E-state index is 0.00993. The molecule has 1 saturated heterocycles. The third-order valence-corrected chi connectivity index (χ3v) is 5.06. The van der Waals surface area contributed by atoms with Crippen LogP contribution < -0.4 is 20.1 Å². The first-order valence-corrected chi connectivity index (χ1v) is 10.0. The molecule has 162 valence electrons. The van der Waals surface area contributed by atoms with E-state index in [9.17, 15) is 14.0 Å². The number of amides is 2. The number of anilines is 2. The molecule has 6 nitrogen and oxygen atoms in total. The molecule has 3 aromatic carbocycles. The summed E-state index contributed by atoms with van der Waals surface area (Å²) >= 11 is 0. The Balaban J connectivity index is 1.66. The number of carbonyl (C=O) groups is 2. The van der Waals surface area contributed by atoms with Crippen LogP contribution in [-0.2, 0) is 16.2 Å². The molecule has 1 aliphatic rings. The summed E-state index contributed by atoms with van der Waals surface area (Å²) in [7, 11) is 3.78. The monoisotopic (exact) mass is 431 g/mol. The van der Waals surface area contributed by atoms with Crippen molar-refractivity contribution < 1.29 is 18.7 Å². The van der Waals surface area contributed by atoms with Crippen LogP contribution >= 0.6 is 0 Å². The number of carbonyl (C=O) groups excluding carboxylic acids is 2. The van der Waals surface area contributed by atoms with Gasteiger partial charge in [0, 0.05) is 37.0 Å². The Morgan fingerprint density at radius 2 is 1.72 bits per heavy atom. The third kappa shape index (κ3) is 4.32. The highest BCUT2D eigenvalue weighted by Crippen LogP contribution is 2.30. The fourth-order valence-corrected chi connectivity index (χ4v) is 3.29. The van der Waals surface area contributed by atoms with Crippen molar-refractivity contribution in [2.24, 2.45) is 0 Å². The zero-order valence-corrected chi connectivity index (χ0v) is 17.7. The van der Waals surface area contributed by atoms with E-state index in [0.717, 1.165) is 5.69 Å². The molecular formula is C25H22FN3O3. The van der Waals surface area contributed by atoms with Crippen molar-refractivity contribution in [3.05, 3.63) is 95.3 Å². The van der Waals surface area contributed by atoms with Crippen LogP contribution in [0.4, 0.5) is 15.8 Å². The molecule has 32 heavy (non-hydrogen) atoms. The predicted molar refractivity (Wildman–Crippen MR) is 122 cm³/mol. The minimum atomic E-state index is -0.504. The van der Waals surface area contributed by atoms with Crippen molar-refractivity contribution >= 4 is 29.3 Å². The number of halogens is 1. The molecule has 1 fully saturated rings. The highest BCUT2D eigenvalue weighted by Gasteiger charge is 2.34. The van der Waals surface area contributed by atoms with Gasteiger partial charge in [-0.1, -0.05) is 36.4 Å². The van der Waals surface area contributed by atoms with E-state index < -0.39 is 11.8 Å². The Kier molecular flexibility index (Phi) is 5.89. The predicted octanol–water partition coefficient (Wildman–Crippen LogP) is 3.93. The summed E-state index contributed by atoms with van der Waals surface area (Å²) in [5, 5.41) is 1.21. The first-order chi connectivity index (χ1) is 15.4. The van der Waals surface area contributed by atoms with E-state index in [2.05, 4.69) is 5.43 Å². The van der Waals surface area contributed by atoms with Crippen molar-refractivity contribution in [3.8, 4) is 5.75 Å². The van der Waals surface area contributed by atoms with Crippen LogP contribution in [0.25, 0.3) is 6.08 Å². The van der Waals surface area contributed by atoms with Gasteiger partial charge >= 0.3 is 0 Å². The van der Waals surface area contributed by atoms with Crippen molar-refractivity contribution in [2.45, 2.75) is 6.61 Å². The maximum absolute atomic E-state index is 14.0. The van der Waals surface area contributed by atoms with Crippen LogP contribution in [-0.4, -0.2) is 25.9 Å². The quantitative estimate of drug-likeness (QED) is 0.475. The van der Waals surface area contributed by atoms with E-state index in [4.69, 9.17) is 4.74 Å². The molecule has 1 heterocycles. The number of hydrazine groups is 1. The first kappa shape index (κ1) is 21.1. The Morgan fingerprint density at radius 3 is 2.44 bits per heavy atom. The lowest BCUT2D eigenvalue weighted by atomic mass is 10.1. The van der Waals surface area contributed by atoms with Crippen LogP contribution in [0.2, 0.25) is 0 Å². The zero-order chi connectivity index (χ0) is 22.7. The lowest BCUT2D eigenvalue weighted by Gasteiger charge is -2.16. The molecule has 1 aliphatic heterocycles. The number of nitrogens with one attached hydrogen (secondary N) is 1. The summed E-state index contributed by atoms with van der Waals surface area (Å²) in [6.45, 7) is 0.00993. The number of hydrogen-bond donors (Lipinski definition) is 1. The second-order valence-corrected chi connectivity index (χ2v) is 7.47. The first-order valence-electron chi connectivity index (χ1n) is 10.0. The van der Waals surface area contributed by atoms with Gasteiger partial charge in [0.05, 0.1) is 5.69 Å². The minimum Gasteiger partial charge on any atom is -0.488 e. The molecule has 4 rings (SSSR count). The Hall–Kier alpha value is -4.13. The van der Waals surface area contributed by atoms with Gasteiger partial charge in [0.15, 0.2) is 0 Å². The van der Waals surface area contributed by atoms with E-state index in [1.807, 2.05) is 31.1 Å². The van der Waals surface area contributed by atoms with Crippen LogP contribution in [0.1, 0.15) is 11.1 Å². The van der Waals surface area contributed by atoms with Crippen LogP contribution in [0.15, 0.2) is 78.4 Å². The summed E-state index contributed by atoms with van der Waals surface area (Å²) in [6.07, 6.45) is 1.50. The van der Waals surface area contributed by atoms with Gasteiger partial charge in [-0.05, 0) is 36.4 Å². The molecule has 3 aromatic rings. The molecule has 0 aliphatic carbocycles. The van der Waals surface area contributed by atoms with E-state index in [1.54, 1.807) is 54.6 Å². The maximum Gasteiger partial charge on any atom is 0.282 e. The average molecular weight is 431 g/mol. The molecule has 0 spiro atoms. The Morgan fingerprint density at radius 1 is 1.00 bits per heavy atom. The summed E-state index contributed by atoms with van der Waals surface area (Å²) in [5.74, 6) is -0.890. The highest BCUT2D eigenvalue weighted by molar-refractivity contribution is 6.31. The van der Waals surface area contributed by atoms with Crippen molar-refractivity contribution in [1.29, 1.82) is 0 Å². The van der Waals surface area contributed by atoms with Crippen LogP contribution in [0, 0.1) is 5.82 Å². The summed E-state index contributed by atoms with van der Waals surface area (Å²) in [6, 6.07) is 20.6. The van der Waals surface area contributed by atoms with Gasteiger partial charge < -0.3 is 9.64 Å². The standard InChI is InChI=1S/C25H22FN3O3/c1-28(2)20-13-12-17(23(15-20)32-16-18-8-6-7-11-22(18)26)14-21-24(30)27-29(25(21)31)19-9-4-3-5-10-19/h3-15H,16H2,1-2H3,(H,27,30). The number of para-hydroxylation sites is 1. The van der Waals surface area contributed by atoms with Gasteiger partial charge in [-0.15, -0.1) is 0 Å². The molecule has 0 atom stereocenters. The van der Waals surface area contributed by atoms with Gasteiger partial charge in [0.1, 0.15) is 23.7 Å². The fraction of sp³-hybridized carbons (Fsp3) is 0.120. The largest absolute Gasteiger partial charge is 0.488 e. The smallest absolute Gasteiger partial charge is 0.282 e. The molecule has 0 aromatic heterocycles. The summed E-state index contributed by atoms with van der Waals surface area (Å²) in [5.41, 5.74) is 4.95. The van der Waals surface area contributed by atoms with Gasteiger partial charge in [-0.3, -0.25) is 15.0 Å². The normalized spacial score (nSPS) is 14.6. The fourth-order valence-electron chi connectivity index (χ4n) is 3.29. The van der Waals surface area contributed by atoms with Crippen LogP contribution in [0.5, 0.6) is 5.75 Å². The second kappa shape index (κ2) is 8.93. The lowest BCUT2D eigenvalue weighted by Crippen LogP contribution is -2.35. The highest BCUT2D eigenvalue weighted by atomic mass is 19.1. The molecule has 0 saturated carbocycles. The molecule has 0 unspecified atom stereocenters. The molecule has 7 heteroatoms. The number of benzene rings is 3. The van der Waals surface area contributed by atoms with E-state index >= 15 is 0 Å². The number of hydrogen-bond acceptors (Lipinski definition) is 4. The molecule has 0 radical (unpaired) electrons. The lowest BCUT2D eigenvalue weighted by molar-refractivity contribution is -0.117. The third-order valence-electron chi connectivity index (χ3n) is 5.06. The molecule has 1 N–H and O–H groups in total. The summed E-state index contributed by atoms with van der Waals surface area (Å²) < 4.78 is 20.0. The van der Waals surface area contributed by atoms with Gasteiger partial charge in [0.2, 0.25) is 0 Å². The van der Waals surface area contributed by atoms with E-state index in [1.165, 1.54) is 17.2 Å². The van der Waals surface area contributed by atoms with Crippen LogP contribution in [0.3, 0.4) is 0 Å². The Labute approximate surface area is 185 Å². The van der Waals surface area contributed by atoms with Crippen molar-refractivity contribution in [2.75, 3.05) is 24.0 Å². The summed E-state index contributed by atoms with van der Waals surface area (Å²) in [4.78, 5) is 27.3. The SMILES string of the molecule is CN(C)c1ccc(C=C2C(=O)NN(c3ccccc3)C2=O)c(OCc2ccccc2F)c1. The van der Waals surface area contributed by atoms with E-state index in [0.29, 0.717) is 22.6 Å². The zero-order valence-electron chi connectivity index (χ0n) is 17.7. The van der Waals surface area contributed by atoms with Gasteiger partial charge in [0.25, 0.3) is 11.8 Å². The average Bonchev–Trinajstić information content (AvgIpc) is 3.08. The van der Waals surface area contributed by atoms with Crippen molar-refractivity contribution in [1.82, 2.24) is 5.43 Å². The van der Waals surface area contributed by atoms with E-state index in [-0.39, 0.29) is 18.0 Å². The van der Waals surface area contributed by atoms with Crippen molar-refractivity contribution in [3.63, 3.8) is 0 Å².